The highest BCUT2D eigenvalue weighted by atomic mass is 16.5. The van der Waals surface area contributed by atoms with Crippen LogP contribution in [0.15, 0.2) is 30.5 Å². The third-order valence-electron chi connectivity index (χ3n) is 4.78. The summed E-state index contributed by atoms with van der Waals surface area (Å²) in [6.45, 7) is 5.56. The predicted molar refractivity (Wildman–Crippen MR) is 98.5 cm³/mol. The smallest absolute Gasteiger partial charge is 0.101 e. The number of anilines is 1. The molecule has 1 aliphatic heterocycles. The highest BCUT2D eigenvalue weighted by Crippen LogP contribution is 2.31. The van der Waals surface area contributed by atoms with Crippen LogP contribution in [0.25, 0.3) is 10.9 Å². The quantitative estimate of drug-likeness (QED) is 0.905. The van der Waals surface area contributed by atoms with Gasteiger partial charge in [0.15, 0.2) is 0 Å². The zero-order valence-corrected chi connectivity index (χ0v) is 14.9. The number of aromatic nitrogens is 1. The summed E-state index contributed by atoms with van der Waals surface area (Å²) in [5.74, 6) is 0. The van der Waals surface area contributed by atoms with Crippen LogP contribution in [-0.4, -0.2) is 41.5 Å². The lowest BCUT2D eigenvalue weighted by molar-refractivity contribution is -0.0821. The maximum atomic E-state index is 10.5. The van der Waals surface area contributed by atoms with Gasteiger partial charge in [-0.3, -0.25) is 4.98 Å². The average molecular weight is 339 g/mol. The van der Waals surface area contributed by atoms with Crippen molar-refractivity contribution in [3.8, 4) is 6.07 Å². The van der Waals surface area contributed by atoms with Gasteiger partial charge in [0.05, 0.1) is 23.3 Å². The van der Waals surface area contributed by atoms with E-state index in [2.05, 4.69) is 22.9 Å². The number of aliphatic hydroxyl groups excluding tert-OH is 1. The fourth-order valence-corrected chi connectivity index (χ4v) is 3.52. The summed E-state index contributed by atoms with van der Waals surface area (Å²) in [6.07, 6.45) is 3.93. The minimum Gasteiger partial charge on any atom is -0.390 e. The molecule has 0 unspecified atom stereocenters. The number of ether oxygens (including phenoxy) is 1. The second kappa shape index (κ2) is 7.81. The molecular formula is C20H25N3O2. The van der Waals surface area contributed by atoms with Crippen molar-refractivity contribution in [1.29, 1.82) is 5.26 Å². The van der Waals surface area contributed by atoms with E-state index in [1.54, 1.807) is 6.20 Å². The van der Waals surface area contributed by atoms with Crippen LogP contribution in [0.4, 0.5) is 5.69 Å². The van der Waals surface area contributed by atoms with Crippen LogP contribution in [0.3, 0.4) is 0 Å². The Labute approximate surface area is 148 Å². The Morgan fingerprint density at radius 2 is 2.24 bits per heavy atom. The largest absolute Gasteiger partial charge is 0.390 e. The number of nitrogens with zero attached hydrogens (tertiary/aromatic N) is 3. The number of nitriles is 1. The number of morpholine rings is 1. The molecule has 0 bridgehead atoms. The molecule has 5 heteroatoms. The van der Waals surface area contributed by atoms with Crippen molar-refractivity contribution in [2.45, 2.75) is 51.4 Å². The number of unbranched alkanes of at least 4 members (excludes halogenated alkanes) is 1. The van der Waals surface area contributed by atoms with Crippen molar-refractivity contribution in [2.75, 3.05) is 18.0 Å². The van der Waals surface area contributed by atoms with E-state index in [1.165, 1.54) is 0 Å². The van der Waals surface area contributed by atoms with Crippen LogP contribution in [0, 0.1) is 11.3 Å². The van der Waals surface area contributed by atoms with Crippen LogP contribution in [-0.2, 0) is 4.74 Å². The summed E-state index contributed by atoms with van der Waals surface area (Å²) in [5.41, 5.74) is 2.36. The van der Waals surface area contributed by atoms with Crippen molar-refractivity contribution >= 4 is 16.6 Å². The first-order chi connectivity index (χ1) is 12.1. The summed E-state index contributed by atoms with van der Waals surface area (Å²) in [4.78, 5) is 6.64. The highest BCUT2D eigenvalue weighted by Gasteiger charge is 2.31. The second-order valence-corrected chi connectivity index (χ2v) is 6.74. The fourth-order valence-electron chi connectivity index (χ4n) is 3.52. The summed E-state index contributed by atoms with van der Waals surface area (Å²) >= 11 is 0. The summed E-state index contributed by atoms with van der Waals surface area (Å²) in [6, 6.07) is 9.92. The first-order valence-electron chi connectivity index (χ1n) is 9.00. The van der Waals surface area contributed by atoms with Gasteiger partial charge in [-0.2, -0.15) is 5.26 Å². The van der Waals surface area contributed by atoms with Gasteiger partial charge in [0.25, 0.3) is 0 Å². The molecule has 0 amide bonds. The fraction of sp³-hybridized carbons (Fsp3) is 0.500. The van der Waals surface area contributed by atoms with Crippen molar-refractivity contribution in [3.63, 3.8) is 0 Å². The van der Waals surface area contributed by atoms with Gasteiger partial charge in [-0.1, -0.05) is 19.8 Å². The molecule has 0 saturated carbocycles. The van der Waals surface area contributed by atoms with Crippen LogP contribution in [0.5, 0.6) is 0 Å². The molecule has 1 aromatic heterocycles. The molecule has 3 rings (SSSR count). The topological polar surface area (TPSA) is 69.4 Å². The molecule has 3 atom stereocenters. The van der Waals surface area contributed by atoms with E-state index < -0.39 is 6.10 Å². The maximum absolute atomic E-state index is 10.5. The zero-order valence-electron chi connectivity index (χ0n) is 14.9. The molecule has 25 heavy (non-hydrogen) atoms. The number of rotatable bonds is 5. The van der Waals surface area contributed by atoms with Gasteiger partial charge in [0.1, 0.15) is 12.2 Å². The maximum Gasteiger partial charge on any atom is 0.101 e. The third kappa shape index (κ3) is 3.76. The van der Waals surface area contributed by atoms with Crippen molar-refractivity contribution in [2.24, 2.45) is 0 Å². The minimum absolute atomic E-state index is 0.0393. The molecular weight excluding hydrogens is 314 g/mol. The monoisotopic (exact) mass is 339 g/mol. The van der Waals surface area contributed by atoms with Crippen LogP contribution < -0.4 is 4.90 Å². The van der Waals surface area contributed by atoms with E-state index in [1.807, 2.05) is 31.2 Å². The van der Waals surface area contributed by atoms with Gasteiger partial charge in [0.2, 0.25) is 0 Å². The van der Waals surface area contributed by atoms with Crippen molar-refractivity contribution < 1.29 is 9.84 Å². The Hall–Kier alpha value is -2.16. The standard InChI is InChI=1S/C20H25N3O2/c1-3-4-7-18(24)19-13-23(12-14(2)25-19)17-9-8-15(11-21)20-16(17)6-5-10-22-20/h5-6,8-10,14,18-19,24H,3-4,7,12-13H2,1-2H3/t14-,18-,19-/m1/s1. The molecule has 0 aliphatic carbocycles. The number of fused-ring (bicyclic) bond motifs is 1. The van der Waals surface area contributed by atoms with Crippen molar-refractivity contribution in [3.05, 3.63) is 36.0 Å². The molecule has 1 N–H and O–H groups in total. The Balaban J connectivity index is 1.91. The average Bonchev–Trinajstić information content (AvgIpc) is 2.64. The first-order valence-corrected chi connectivity index (χ1v) is 9.00. The third-order valence-corrected chi connectivity index (χ3v) is 4.78. The molecule has 2 aromatic rings. The van der Waals surface area contributed by atoms with Crippen LogP contribution in [0.2, 0.25) is 0 Å². The normalized spacial score (nSPS) is 21.9. The Bertz CT molecular complexity index is 771. The molecule has 1 saturated heterocycles. The van der Waals surface area contributed by atoms with Gasteiger partial charge in [0, 0.05) is 30.4 Å². The lowest BCUT2D eigenvalue weighted by Crippen LogP contribution is -2.51. The van der Waals surface area contributed by atoms with Gasteiger partial charge < -0.3 is 14.7 Å². The van der Waals surface area contributed by atoms with E-state index >= 15 is 0 Å². The number of hydrogen-bond acceptors (Lipinski definition) is 5. The summed E-state index contributed by atoms with van der Waals surface area (Å²) < 4.78 is 5.99. The lowest BCUT2D eigenvalue weighted by Gasteiger charge is -2.40. The molecule has 1 aliphatic rings. The number of hydrogen-bond donors (Lipinski definition) is 1. The van der Waals surface area contributed by atoms with Gasteiger partial charge in [-0.25, -0.2) is 0 Å². The lowest BCUT2D eigenvalue weighted by atomic mass is 10.0. The molecule has 5 nitrogen and oxygen atoms in total. The Morgan fingerprint density at radius 1 is 1.40 bits per heavy atom. The van der Waals surface area contributed by atoms with E-state index in [9.17, 15) is 10.4 Å². The van der Waals surface area contributed by atoms with E-state index in [4.69, 9.17) is 4.74 Å². The molecule has 0 spiro atoms. The molecule has 132 valence electrons. The number of pyridine rings is 1. The van der Waals surface area contributed by atoms with Gasteiger partial charge >= 0.3 is 0 Å². The highest BCUT2D eigenvalue weighted by molar-refractivity contribution is 5.95. The second-order valence-electron chi connectivity index (χ2n) is 6.74. The number of aliphatic hydroxyl groups is 1. The van der Waals surface area contributed by atoms with Crippen LogP contribution >= 0.6 is 0 Å². The minimum atomic E-state index is -0.451. The molecule has 1 aromatic carbocycles. The zero-order chi connectivity index (χ0) is 17.8. The van der Waals surface area contributed by atoms with E-state index in [-0.39, 0.29) is 12.2 Å². The molecule has 2 heterocycles. The molecule has 0 radical (unpaired) electrons. The van der Waals surface area contributed by atoms with E-state index in [0.29, 0.717) is 12.1 Å². The SMILES string of the molecule is CCCC[C@@H](O)[C@H]1CN(c2ccc(C#N)c3ncccc23)C[C@@H](C)O1. The summed E-state index contributed by atoms with van der Waals surface area (Å²) in [7, 11) is 0. The first kappa shape index (κ1) is 17.7. The van der Waals surface area contributed by atoms with E-state index in [0.717, 1.165) is 42.4 Å². The number of benzene rings is 1. The predicted octanol–water partition coefficient (Wildman–Crippen LogP) is 3.25. The van der Waals surface area contributed by atoms with Gasteiger partial charge in [-0.15, -0.1) is 0 Å². The molecule has 1 fully saturated rings. The summed E-state index contributed by atoms with van der Waals surface area (Å²) in [5, 5.41) is 20.8. The van der Waals surface area contributed by atoms with Crippen molar-refractivity contribution in [1.82, 2.24) is 4.98 Å². The Kier molecular flexibility index (Phi) is 5.52. The van der Waals surface area contributed by atoms with Crippen LogP contribution in [0.1, 0.15) is 38.7 Å². The Morgan fingerprint density at radius 3 is 3.00 bits per heavy atom. The van der Waals surface area contributed by atoms with Gasteiger partial charge in [-0.05, 0) is 37.6 Å².